The Morgan fingerprint density at radius 3 is 2.60 bits per heavy atom. The van der Waals surface area contributed by atoms with Gasteiger partial charge in [-0.3, -0.25) is 0 Å². The van der Waals surface area contributed by atoms with Crippen LogP contribution in [0.3, 0.4) is 0 Å². The second kappa shape index (κ2) is 4.39. The summed E-state index contributed by atoms with van der Waals surface area (Å²) in [4.78, 5) is 0. The lowest BCUT2D eigenvalue weighted by Crippen LogP contribution is -2.30. The highest BCUT2D eigenvalue weighted by Crippen LogP contribution is 2.29. The molecule has 1 aromatic rings. The molecule has 1 aromatic carbocycles. The van der Waals surface area contributed by atoms with Crippen LogP contribution in [0.2, 0.25) is 0 Å². The lowest BCUT2D eigenvalue weighted by Gasteiger charge is -2.27. The molecule has 84 valence electrons. The molecule has 1 rings (SSSR count). The molecular weight excluding hydrogens is 259 g/mol. The number of anilines is 2. The molecule has 0 atom stereocenters. The van der Waals surface area contributed by atoms with Crippen molar-refractivity contribution in [2.75, 3.05) is 11.1 Å². The maximum absolute atomic E-state index is 13.1. The van der Waals surface area contributed by atoms with Crippen molar-refractivity contribution in [3.8, 4) is 0 Å². The van der Waals surface area contributed by atoms with Crippen molar-refractivity contribution in [2.45, 2.75) is 32.7 Å². The number of hydrogen-bond donors (Lipinski definition) is 2. The first-order valence-corrected chi connectivity index (χ1v) is 5.67. The topological polar surface area (TPSA) is 38.0 Å². The maximum atomic E-state index is 13.1. The van der Waals surface area contributed by atoms with Gasteiger partial charge in [-0.05, 0) is 42.3 Å². The molecule has 0 aliphatic heterocycles. The fourth-order valence-electron chi connectivity index (χ4n) is 1.12. The number of nitrogens with one attached hydrogen (secondary N) is 1. The van der Waals surface area contributed by atoms with Crippen LogP contribution in [-0.4, -0.2) is 5.54 Å². The van der Waals surface area contributed by atoms with E-state index in [2.05, 4.69) is 42.0 Å². The summed E-state index contributed by atoms with van der Waals surface area (Å²) in [6.07, 6.45) is 0.960. The van der Waals surface area contributed by atoms with Crippen LogP contribution in [0, 0.1) is 5.82 Å². The van der Waals surface area contributed by atoms with Crippen molar-refractivity contribution in [2.24, 2.45) is 0 Å². The van der Waals surface area contributed by atoms with Gasteiger partial charge in [-0.2, -0.15) is 0 Å². The first-order chi connectivity index (χ1) is 6.85. The molecule has 0 fully saturated rings. The van der Waals surface area contributed by atoms with E-state index in [-0.39, 0.29) is 11.4 Å². The third-order valence-corrected chi connectivity index (χ3v) is 3.06. The van der Waals surface area contributed by atoms with E-state index in [0.717, 1.165) is 12.1 Å². The van der Waals surface area contributed by atoms with Gasteiger partial charge in [0.2, 0.25) is 0 Å². The first kappa shape index (κ1) is 12.3. The van der Waals surface area contributed by atoms with Gasteiger partial charge in [-0.1, -0.05) is 6.92 Å². The van der Waals surface area contributed by atoms with Crippen molar-refractivity contribution >= 4 is 27.3 Å². The second-order valence-electron chi connectivity index (χ2n) is 4.22. The molecule has 0 spiro atoms. The van der Waals surface area contributed by atoms with E-state index in [9.17, 15) is 4.39 Å². The highest BCUT2D eigenvalue weighted by atomic mass is 79.9. The summed E-state index contributed by atoms with van der Waals surface area (Å²) in [6, 6.07) is 2.99. The van der Waals surface area contributed by atoms with Crippen LogP contribution in [0.5, 0.6) is 0 Å². The molecule has 0 radical (unpaired) electrons. The molecule has 0 unspecified atom stereocenters. The van der Waals surface area contributed by atoms with Crippen LogP contribution in [-0.2, 0) is 0 Å². The minimum absolute atomic E-state index is 0.0502. The van der Waals surface area contributed by atoms with Crippen LogP contribution >= 0.6 is 15.9 Å². The third-order valence-electron chi connectivity index (χ3n) is 2.45. The number of nitrogen functional groups attached to an aromatic ring is 1. The molecule has 0 amide bonds. The van der Waals surface area contributed by atoms with E-state index in [0.29, 0.717) is 10.2 Å². The lowest BCUT2D eigenvalue weighted by atomic mass is 10.0. The molecule has 2 nitrogen and oxygen atoms in total. The summed E-state index contributed by atoms with van der Waals surface area (Å²) >= 11 is 3.14. The smallest absolute Gasteiger partial charge is 0.139 e. The van der Waals surface area contributed by atoms with Gasteiger partial charge in [0, 0.05) is 11.6 Å². The van der Waals surface area contributed by atoms with Gasteiger partial charge in [-0.25, -0.2) is 4.39 Å². The Labute approximate surface area is 98.2 Å². The zero-order valence-corrected chi connectivity index (χ0v) is 10.8. The van der Waals surface area contributed by atoms with Gasteiger partial charge >= 0.3 is 0 Å². The number of halogens is 2. The third kappa shape index (κ3) is 3.09. The number of nitrogens with two attached hydrogens (primary N) is 1. The van der Waals surface area contributed by atoms with Crippen LogP contribution in [0.15, 0.2) is 16.6 Å². The van der Waals surface area contributed by atoms with E-state index in [4.69, 9.17) is 5.73 Å². The maximum Gasteiger partial charge on any atom is 0.139 e. The van der Waals surface area contributed by atoms with Crippen molar-refractivity contribution in [3.05, 3.63) is 22.4 Å². The molecule has 0 aliphatic carbocycles. The average molecular weight is 275 g/mol. The fourth-order valence-corrected chi connectivity index (χ4v) is 1.47. The number of rotatable bonds is 3. The van der Waals surface area contributed by atoms with Crippen molar-refractivity contribution in [1.82, 2.24) is 0 Å². The van der Waals surface area contributed by atoms with Crippen molar-refractivity contribution < 1.29 is 4.39 Å². The van der Waals surface area contributed by atoms with E-state index in [1.807, 2.05) is 0 Å². The largest absolute Gasteiger partial charge is 0.397 e. The van der Waals surface area contributed by atoms with Gasteiger partial charge < -0.3 is 11.1 Å². The average Bonchev–Trinajstić information content (AvgIpc) is 2.14. The normalized spacial score (nSPS) is 11.5. The minimum atomic E-state index is -0.340. The molecule has 15 heavy (non-hydrogen) atoms. The molecule has 0 aliphatic rings. The van der Waals surface area contributed by atoms with E-state index >= 15 is 0 Å². The first-order valence-electron chi connectivity index (χ1n) is 4.88. The van der Waals surface area contributed by atoms with E-state index in [1.165, 1.54) is 6.07 Å². The summed E-state index contributed by atoms with van der Waals surface area (Å²) in [5.41, 5.74) is 6.87. The Morgan fingerprint density at radius 2 is 2.07 bits per heavy atom. The van der Waals surface area contributed by atoms with Gasteiger partial charge in [-0.15, -0.1) is 0 Å². The number of benzene rings is 1. The van der Waals surface area contributed by atoms with Crippen LogP contribution in [0.25, 0.3) is 0 Å². The van der Waals surface area contributed by atoms with Gasteiger partial charge in [0.15, 0.2) is 0 Å². The molecule has 0 aromatic heterocycles. The molecule has 0 saturated heterocycles. The molecule has 0 heterocycles. The van der Waals surface area contributed by atoms with Gasteiger partial charge in [0.25, 0.3) is 0 Å². The zero-order chi connectivity index (χ0) is 11.6. The van der Waals surface area contributed by atoms with Crippen LogP contribution in [0.1, 0.15) is 27.2 Å². The quantitative estimate of drug-likeness (QED) is 0.824. The standard InChI is InChI=1S/C11H16BrFN2/c1-4-11(2,3)15-10-5-7(12)8(13)6-9(10)14/h5-6,15H,4,14H2,1-3H3. The Morgan fingerprint density at radius 1 is 1.47 bits per heavy atom. The minimum Gasteiger partial charge on any atom is -0.397 e. The molecule has 4 heteroatoms. The van der Waals surface area contributed by atoms with E-state index in [1.54, 1.807) is 6.07 Å². The molecule has 3 N–H and O–H groups in total. The summed E-state index contributed by atoms with van der Waals surface area (Å²) in [7, 11) is 0. The van der Waals surface area contributed by atoms with Crippen LogP contribution < -0.4 is 11.1 Å². The Hall–Kier alpha value is -0.770. The van der Waals surface area contributed by atoms with E-state index < -0.39 is 0 Å². The Balaban J connectivity index is 3.01. The fraction of sp³-hybridized carbons (Fsp3) is 0.455. The summed E-state index contributed by atoms with van der Waals surface area (Å²) in [6.45, 7) is 6.23. The van der Waals surface area contributed by atoms with Crippen LogP contribution in [0.4, 0.5) is 15.8 Å². The zero-order valence-electron chi connectivity index (χ0n) is 9.20. The lowest BCUT2D eigenvalue weighted by molar-refractivity contribution is 0.547. The molecule has 0 bridgehead atoms. The van der Waals surface area contributed by atoms with Crippen molar-refractivity contribution in [3.63, 3.8) is 0 Å². The van der Waals surface area contributed by atoms with Gasteiger partial charge in [0.05, 0.1) is 15.8 Å². The molecular formula is C11H16BrFN2. The predicted octanol–water partition coefficient (Wildman–Crippen LogP) is 3.77. The number of hydrogen-bond acceptors (Lipinski definition) is 2. The highest BCUT2D eigenvalue weighted by Gasteiger charge is 2.16. The molecule has 0 saturated carbocycles. The SMILES string of the molecule is CCC(C)(C)Nc1cc(Br)c(F)cc1N. The predicted molar refractivity (Wildman–Crippen MR) is 66.5 cm³/mol. The summed E-state index contributed by atoms with van der Waals surface area (Å²) < 4.78 is 13.5. The Kier molecular flexibility index (Phi) is 3.60. The summed E-state index contributed by atoms with van der Waals surface area (Å²) in [5, 5.41) is 3.28. The second-order valence-corrected chi connectivity index (χ2v) is 5.07. The summed E-state index contributed by atoms with van der Waals surface area (Å²) in [5.74, 6) is -0.340. The van der Waals surface area contributed by atoms with Gasteiger partial charge in [0.1, 0.15) is 5.82 Å². The monoisotopic (exact) mass is 274 g/mol. The highest BCUT2D eigenvalue weighted by molar-refractivity contribution is 9.10. The Bertz CT molecular complexity index is 364. The van der Waals surface area contributed by atoms with Crippen molar-refractivity contribution in [1.29, 1.82) is 0 Å².